The van der Waals surface area contributed by atoms with Crippen molar-refractivity contribution in [1.29, 1.82) is 0 Å². The Balaban J connectivity index is 1.40. The molecule has 27 heavy (non-hydrogen) atoms. The number of allylic oxidation sites excluding steroid dienone is 1. The molecule has 1 aliphatic heterocycles. The summed E-state index contributed by atoms with van der Waals surface area (Å²) in [5.41, 5.74) is 5.70. The van der Waals surface area contributed by atoms with Gasteiger partial charge in [-0.05, 0) is 44.2 Å². The van der Waals surface area contributed by atoms with Gasteiger partial charge in [-0.15, -0.1) is 0 Å². The van der Waals surface area contributed by atoms with Crippen LogP contribution in [0.25, 0.3) is 11.0 Å². The molecule has 4 rings (SSSR count). The Bertz CT molecular complexity index is 928. The molecule has 7 heteroatoms. The van der Waals surface area contributed by atoms with Crippen LogP contribution in [0, 0.1) is 0 Å². The number of aryl methyl sites for hydroxylation is 1. The SMILES string of the molecule is CC=CCN1CCCn2nc(CN(C)Cc3ccc4nsnc4c3)cc2C1. The fraction of sp³-hybridized carbons (Fsp3) is 0.450. The van der Waals surface area contributed by atoms with Gasteiger partial charge in [0, 0.05) is 39.3 Å². The lowest BCUT2D eigenvalue weighted by Crippen LogP contribution is -2.23. The summed E-state index contributed by atoms with van der Waals surface area (Å²) in [4.78, 5) is 4.80. The summed E-state index contributed by atoms with van der Waals surface area (Å²) in [7, 11) is 2.15. The summed E-state index contributed by atoms with van der Waals surface area (Å²) < 4.78 is 10.8. The van der Waals surface area contributed by atoms with E-state index < -0.39 is 0 Å². The Morgan fingerprint density at radius 3 is 2.93 bits per heavy atom. The normalized spacial score (nSPS) is 15.7. The molecule has 0 spiro atoms. The number of fused-ring (bicyclic) bond motifs is 2. The van der Waals surface area contributed by atoms with Crippen LogP contribution in [-0.4, -0.2) is 48.5 Å². The number of nitrogens with zero attached hydrogens (tertiary/aromatic N) is 6. The van der Waals surface area contributed by atoms with Crippen LogP contribution < -0.4 is 0 Å². The van der Waals surface area contributed by atoms with Crippen LogP contribution in [0.4, 0.5) is 0 Å². The third kappa shape index (κ3) is 4.43. The molecule has 0 amide bonds. The van der Waals surface area contributed by atoms with Gasteiger partial charge in [0.25, 0.3) is 0 Å². The fourth-order valence-electron chi connectivity index (χ4n) is 3.65. The zero-order valence-corrected chi connectivity index (χ0v) is 16.8. The summed E-state index contributed by atoms with van der Waals surface area (Å²) >= 11 is 1.27. The monoisotopic (exact) mass is 382 g/mol. The third-order valence-electron chi connectivity index (χ3n) is 4.95. The first-order valence-electron chi connectivity index (χ1n) is 9.50. The molecule has 0 unspecified atom stereocenters. The fourth-order valence-corrected chi connectivity index (χ4v) is 4.16. The molecule has 1 aromatic carbocycles. The van der Waals surface area contributed by atoms with E-state index in [-0.39, 0.29) is 0 Å². The topological polar surface area (TPSA) is 50.1 Å². The predicted octanol–water partition coefficient (Wildman–Crippen LogP) is 3.30. The first-order valence-corrected chi connectivity index (χ1v) is 10.2. The Kier molecular flexibility index (Phi) is 5.61. The minimum Gasteiger partial charge on any atom is -0.296 e. The highest BCUT2D eigenvalue weighted by molar-refractivity contribution is 7.00. The van der Waals surface area contributed by atoms with E-state index in [0.717, 1.165) is 62.4 Å². The maximum atomic E-state index is 4.86. The summed E-state index contributed by atoms with van der Waals surface area (Å²) in [5.74, 6) is 0. The van der Waals surface area contributed by atoms with Crippen molar-refractivity contribution in [2.24, 2.45) is 0 Å². The second kappa shape index (κ2) is 8.29. The highest BCUT2D eigenvalue weighted by atomic mass is 32.1. The highest BCUT2D eigenvalue weighted by Gasteiger charge is 2.16. The molecule has 1 aliphatic rings. The molecule has 0 aliphatic carbocycles. The standard InChI is InChI=1S/C20H26N6S/c1-3-4-8-25-9-5-10-26-18(15-25)12-17(21-26)14-24(2)13-16-6-7-19-20(11-16)23-27-22-19/h3-4,6-7,11-12H,5,8-10,13-15H2,1-2H3. The zero-order valence-electron chi connectivity index (χ0n) is 16.0. The smallest absolute Gasteiger partial charge is 0.105 e. The first-order chi connectivity index (χ1) is 13.2. The summed E-state index contributed by atoms with van der Waals surface area (Å²) in [6.45, 7) is 7.96. The first kappa shape index (κ1) is 18.3. The Hall–Kier alpha value is -2.09. The van der Waals surface area contributed by atoms with Gasteiger partial charge in [-0.25, -0.2) is 0 Å². The molecule has 6 nitrogen and oxygen atoms in total. The van der Waals surface area contributed by atoms with E-state index in [0.29, 0.717) is 0 Å². The lowest BCUT2D eigenvalue weighted by Gasteiger charge is -2.17. The molecule has 2 aromatic heterocycles. The Labute approximate surface area is 164 Å². The van der Waals surface area contributed by atoms with E-state index >= 15 is 0 Å². The van der Waals surface area contributed by atoms with E-state index in [9.17, 15) is 0 Å². The molecular formula is C20H26N6S. The number of rotatable bonds is 6. The van der Waals surface area contributed by atoms with Gasteiger partial charge in [-0.2, -0.15) is 13.8 Å². The van der Waals surface area contributed by atoms with Gasteiger partial charge < -0.3 is 0 Å². The van der Waals surface area contributed by atoms with Crippen molar-refractivity contribution in [1.82, 2.24) is 28.3 Å². The van der Waals surface area contributed by atoms with Crippen molar-refractivity contribution in [2.45, 2.75) is 39.5 Å². The quantitative estimate of drug-likeness (QED) is 0.612. The average Bonchev–Trinajstić information content (AvgIpc) is 3.21. The van der Waals surface area contributed by atoms with Gasteiger partial charge in [-0.1, -0.05) is 18.2 Å². The van der Waals surface area contributed by atoms with Gasteiger partial charge in [-0.3, -0.25) is 14.5 Å². The number of hydrogen-bond acceptors (Lipinski definition) is 6. The largest absolute Gasteiger partial charge is 0.296 e. The summed E-state index contributed by atoms with van der Waals surface area (Å²) in [6, 6.07) is 8.61. The molecular weight excluding hydrogens is 356 g/mol. The number of benzene rings is 1. The van der Waals surface area contributed by atoms with Gasteiger partial charge in [0.2, 0.25) is 0 Å². The predicted molar refractivity (Wildman–Crippen MR) is 110 cm³/mol. The molecule has 0 saturated heterocycles. The molecule has 3 heterocycles. The van der Waals surface area contributed by atoms with Gasteiger partial charge in [0.05, 0.1) is 23.1 Å². The third-order valence-corrected chi connectivity index (χ3v) is 5.50. The molecule has 142 valence electrons. The van der Waals surface area contributed by atoms with Gasteiger partial charge in [0.1, 0.15) is 11.0 Å². The number of aromatic nitrogens is 4. The van der Waals surface area contributed by atoms with E-state index in [2.05, 4.69) is 73.6 Å². The van der Waals surface area contributed by atoms with Crippen molar-refractivity contribution in [3.63, 3.8) is 0 Å². The lowest BCUT2D eigenvalue weighted by atomic mass is 10.2. The van der Waals surface area contributed by atoms with Crippen LogP contribution in [0.5, 0.6) is 0 Å². The second-order valence-electron chi connectivity index (χ2n) is 7.27. The van der Waals surface area contributed by atoms with Crippen molar-refractivity contribution >= 4 is 22.8 Å². The number of hydrogen-bond donors (Lipinski definition) is 0. The molecule has 0 bridgehead atoms. The van der Waals surface area contributed by atoms with E-state index in [1.807, 2.05) is 0 Å². The van der Waals surface area contributed by atoms with Gasteiger partial charge >= 0.3 is 0 Å². The Morgan fingerprint density at radius 2 is 2.04 bits per heavy atom. The van der Waals surface area contributed by atoms with Crippen molar-refractivity contribution in [3.05, 3.63) is 53.4 Å². The van der Waals surface area contributed by atoms with Crippen molar-refractivity contribution in [2.75, 3.05) is 20.1 Å². The summed E-state index contributed by atoms with van der Waals surface area (Å²) in [6.07, 6.45) is 5.51. The molecule has 0 radical (unpaired) electrons. The molecule has 0 fully saturated rings. The van der Waals surface area contributed by atoms with E-state index in [1.165, 1.54) is 23.0 Å². The Morgan fingerprint density at radius 1 is 1.15 bits per heavy atom. The van der Waals surface area contributed by atoms with Crippen molar-refractivity contribution < 1.29 is 0 Å². The minimum atomic E-state index is 0.849. The van der Waals surface area contributed by atoms with Crippen LogP contribution in [0.3, 0.4) is 0 Å². The highest BCUT2D eigenvalue weighted by Crippen LogP contribution is 2.17. The molecule has 0 atom stereocenters. The lowest BCUT2D eigenvalue weighted by molar-refractivity contribution is 0.298. The maximum absolute atomic E-state index is 4.86. The zero-order chi connectivity index (χ0) is 18.6. The summed E-state index contributed by atoms with van der Waals surface area (Å²) in [5, 5.41) is 4.86. The second-order valence-corrected chi connectivity index (χ2v) is 7.80. The van der Waals surface area contributed by atoms with E-state index in [4.69, 9.17) is 5.10 Å². The van der Waals surface area contributed by atoms with Crippen LogP contribution in [0.2, 0.25) is 0 Å². The minimum absolute atomic E-state index is 0.849. The van der Waals surface area contributed by atoms with Crippen molar-refractivity contribution in [3.8, 4) is 0 Å². The van der Waals surface area contributed by atoms with Crippen LogP contribution in [0.1, 0.15) is 30.3 Å². The molecule has 0 saturated carbocycles. The van der Waals surface area contributed by atoms with Gasteiger partial charge in [0.15, 0.2) is 0 Å². The maximum Gasteiger partial charge on any atom is 0.105 e. The van der Waals surface area contributed by atoms with Crippen LogP contribution in [-0.2, 0) is 26.2 Å². The van der Waals surface area contributed by atoms with Crippen LogP contribution in [0.15, 0.2) is 36.4 Å². The molecule has 0 N–H and O–H groups in total. The van der Waals surface area contributed by atoms with E-state index in [1.54, 1.807) is 0 Å². The van der Waals surface area contributed by atoms with Crippen LogP contribution >= 0.6 is 11.7 Å². The average molecular weight is 383 g/mol. The molecule has 3 aromatic rings.